The predicted octanol–water partition coefficient (Wildman–Crippen LogP) is 1.88. The number of aryl methyl sites for hydroxylation is 1. The van der Waals surface area contributed by atoms with Gasteiger partial charge < -0.3 is 14.5 Å². The average molecular weight is 417 g/mol. The molecule has 29 heavy (non-hydrogen) atoms. The Labute approximate surface area is 171 Å². The molecule has 0 radical (unpaired) electrons. The molecule has 2 amide bonds. The molecule has 0 aromatic carbocycles. The molecule has 0 aliphatic carbocycles. The summed E-state index contributed by atoms with van der Waals surface area (Å²) in [5.74, 6) is 0.472. The number of hydrogen-bond acceptors (Lipinski definition) is 6. The van der Waals surface area contributed by atoms with Crippen LogP contribution in [0.4, 0.5) is 4.79 Å². The minimum absolute atomic E-state index is 0.180. The van der Waals surface area contributed by atoms with Crippen LogP contribution in [0.3, 0.4) is 0 Å². The summed E-state index contributed by atoms with van der Waals surface area (Å²) >= 11 is 1.57. The van der Waals surface area contributed by atoms with Gasteiger partial charge >= 0.3 is 6.09 Å². The second kappa shape index (κ2) is 7.51. The summed E-state index contributed by atoms with van der Waals surface area (Å²) in [5, 5.41) is 6.40. The van der Waals surface area contributed by atoms with Gasteiger partial charge in [-0.15, -0.1) is 11.3 Å². The van der Waals surface area contributed by atoms with Crippen molar-refractivity contribution >= 4 is 39.1 Å². The molecule has 1 fully saturated rings. The highest BCUT2D eigenvalue weighted by Crippen LogP contribution is 2.24. The minimum atomic E-state index is -0.728. The summed E-state index contributed by atoms with van der Waals surface area (Å²) in [6.07, 6.45) is -0.361. The van der Waals surface area contributed by atoms with Crippen LogP contribution in [0.2, 0.25) is 0 Å². The molecule has 0 saturated carbocycles. The minimum Gasteiger partial charge on any atom is -0.450 e. The predicted molar refractivity (Wildman–Crippen MR) is 109 cm³/mol. The van der Waals surface area contributed by atoms with Crippen molar-refractivity contribution in [2.45, 2.75) is 26.8 Å². The molecule has 154 valence electrons. The molecule has 10 heteroatoms. The van der Waals surface area contributed by atoms with E-state index < -0.39 is 6.04 Å². The van der Waals surface area contributed by atoms with Gasteiger partial charge in [-0.3, -0.25) is 14.0 Å². The molecule has 1 atom stereocenters. The van der Waals surface area contributed by atoms with E-state index in [0.717, 1.165) is 10.2 Å². The van der Waals surface area contributed by atoms with Crippen molar-refractivity contribution in [3.8, 4) is 0 Å². The van der Waals surface area contributed by atoms with Crippen molar-refractivity contribution in [1.82, 2.24) is 24.0 Å². The fourth-order valence-electron chi connectivity index (χ4n) is 3.75. The Morgan fingerprint density at radius 2 is 1.90 bits per heavy atom. The molecule has 0 spiro atoms. The van der Waals surface area contributed by atoms with Crippen LogP contribution < -0.4 is 5.56 Å². The van der Waals surface area contributed by atoms with E-state index in [1.807, 2.05) is 28.8 Å². The maximum absolute atomic E-state index is 13.0. The van der Waals surface area contributed by atoms with E-state index in [1.165, 1.54) is 4.68 Å². The quantitative estimate of drug-likeness (QED) is 0.649. The Hall–Kier alpha value is -2.88. The van der Waals surface area contributed by atoms with E-state index in [1.54, 1.807) is 35.0 Å². The molecule has 0 bridgehead atoms. The zero-order valence-electron chi connectivity index (χ0n) is 16.6. The van der Waals surface area contributed by atoms with E-state index in [-0.39, 0.29) is 17.6 Å². The normalized spacial score (nSPS) is 15.8. The highest BCUT2D eigenvalue weighted by atomic mass is 32.1. The van der Waals surface area contributed by atoms with Crippen molar-refractivity contribution in [2.75, 3.05) is 32.8 Å². The largest absolute Gasteiger partial charge is 0.450 e. The number of amides is 2. The molecule has 0 unspecified atom stereocenters. The van der Waals surface area contributed by atoms with E-state index >= 15 is 0 Å². The van der Waals surface area contributed by atoms with Crippen LogP contribution >= 0.6 is 11.3 Å². The first-order valence-electron chi connectivity index (χ1n) is 9.61. The number of carbonyl (C=O) groups is 2. The Morgan fingerprint density at radius 1 is 1.21 bits per heavy atom. The van der Waals surface area contributed by atoms with Gasteiger partial charge in [0.2, 0.25) is 5.91 Å². The highest BCUT2D eigenvalue weighted by Gasteiger charge is 2.29. The van der Waals surface area contributed by atoms with E-state index in [2.05, 4.69) is 5.10 Å². The molecule has 1 aliphatic heterocycles. The van der Waals surface area contributed by atoms with Gasteiger partial charge in [0, 0.05) is 26.2 Å². The number of carbonyl (C=O) groups excluding carboxylic acids is 2. The first-order valence-corrected chi connectivity index (χ1v) is 10.5. The van der Waals surface area contributed by atoms with Crippen LogP contribution in [0.15, 0.2) is 22.3 Å². The topological polar surface area (TPSA) is 89.2 Å². The third-order valence-electron chi connectivity index (χ3n) is 5.27. The average Bonchev–Trinajstić information content (AvgIpc) is 3.31. The van der Waals surface area contributed by atoms with Crippen LogP contribution in [-0.4, -0.2) is 68.8 Å². The van der Waals surface area contributed by atoms with E-state index in [4.69, 9.17) is 4.74 Å². The van der Waals surface area contributed by atoms with E-state index in [0.29, 0.717) is 44.1 Å². The number of aromatic nitrogens is 3. The van der Waals surface area contributed by atoms with Gasteiger partial charge in [-0.2, -0.15) is 5.10 Å². The zero-order chi connectivity index (χ0) is 20.7. The fraction of sp³-hybridized carbons (Fsp3) is 0.474. The number of piperazine rings is 1. The second-order valence-electron chi connectivity index (χ2n) is 7.02. The van der Waals surface area contributed by atoms with Gasteiger partial charge in [-0.05, 0) is 38.3 Å². The lowest BCUT2D eigenvalue weighted by atomic mass is 10.2. The fourth-order valence-corrected chi connectivity index (χ4v) is 4.55. The zero-order valence-corrected chi connectivity index (χ0v) is 17.4. The van der Waals surface area contributed by atoms with E-state index in [9.17, 15) is 14.4 Å². The number of rotatable bonds is 3. The van der Waals surface area contributed by atoms with Gasteiger partial charge in [0.1, 0.15) is 17.4 Å². The SMILES string of the molecule is CCOC(=O)N1CCN(C(=O)[C@@H](C)n2nc(C)n3c(cc4sccc43)c2=O)CC1. The maximum Gasteiger partial charge on any atom is 0.409 e. The summed E-state index contributed by atoms with van der Waals surface area (Å²) in [5.41, 5.74) is 1.18. The molecule has 4 rings (SSSR count). The molecule has 0 N–H and O–H groups in total. The molecule has 1 saturated heterocycles. The third kappa shape index (κ3) is 3.27. The molecule has 9 nitrogen and oxygen atoms in total. The summed E-state index contributed by atoms with van der Waals surface area (Å²) in [7, 11) is 0. The van der Waals surface area contributed by atoms with Crippen LogP contribution in [0.1, 0.15) is 25.7 Å². The molecule has 1 aliphatic rings. The summed E-state index contributed by atoms with van der Waals surface area (Å²) in [6.45, 7) is 7.22. The number of hydrogen-bond donors (Lipinski definition) is 0. The van der Waals surface area contributed by atoms with Crippen molar-refractivity contribution in [1.29, 1.82) is 0 Å². The van der Waals surface area contributed by atoms with Crippen molar-refractivity contribution < 1.29 is 14.3 Å². The lowest BCUT2D eigenvalue weighted by Gasteiger charge is -2.35. The lowest BCUT2D eigenvalue weighted by Crippen LogP contribution is -2.52. The first-order chi connectivity index (χ1) is 13.9. The van der Waals surface area contributed by atoms with Crippen molar-refractivity contribution in [2.24, 2.45) is 0 Å². The van der Waals surface area contributed by atoms with Crippen LogP contribution in [-0.2, 0) is 9.53 Å². The number of fused-ring (bicyclic) bond motifs is 3. The van der Waals surface area contributed by atoms with Gasteiger partial charge in [0.25, 0.3) is 5.56 Å². The summed E-state index contributed by atoms with van der Waals surface area (Å²) in [6, 6.07) is 3.08. The number of ether oxygens (including phenoxy) is 1. The molecule has 3 aromatic rings. The Balaban J connectivity index is 1.57. The van der Waals surface area contributed by atoms with Crippen LogP contribution in [0, 0.1) is 6.92 Å². The van der Waals surface area contributed by atoms with Crippen LogP contribution in [0.25, 0.3) is 15.7 Å². The smallest absolute Gasteiger partial charge is 0.409 e. The third-order valence-corrected chi connectivity index (χ3v) is 6.12. The Bertz CT molecular complexity index is 1140. The van der Waals surface area contributed by atoms with Crippen molar-refractivity contribution in [3.05, 3.63) is 33.7 Å². The Kier molecular flexibility index (Phi) is 5.03. The van der Waals surface area contributed by atoms with Crippen molar-refractivity contribution in [3.63, 3.8) is 0 Å². The lowest BCUT2D eigenvalue weighted by molar-refractivity contribution is -0.136. The van der Waals surface area contributed by atoms with Gasteiger partial charge in [0.15, 0.2) is 0 Å². The molecular formula is C19H23N5O4S. The molecular weight excluding hydrogens is 394 g/mol. The first kappa shape index (κ1) is 19.4. The van der Waals surface area contributed by atoms with Gasteiger partial charge in [-0.25, -0.2) is 9.48 Å². The summed E-state index contributed by atoms with van der Waals surface area (Å²) < 4.78 is 9.13. The number of nitrogens with zero attached hydrogens (tertiary/aromatic N) is 5. The maximum atomic E-state index is 13.0. The van der Waals surface area contributed by atoms with Gasteiger partial charge in [-0.1, -0.05) is 0 Å². The number of thiophene rings is 1. The highest BCUT2D eigenvalue weighted by molar-refractivity contribution is 7.17. The molecule has 3 aromatic heterocycles. The molecule has 4 heterocycles. The summed E-state index contributed by atoms with van der Waals surface area (Å²) in [4.78, 5) is 41.1. The second-order valence-corrected chi connectivity index (χ2v) is 7.97. The monoisotopic (exact) mass is 417 g/mol. The standard InChI is InChI=1S/C19H23N5O4S/c1-4-28-19(27)22-8-6-21(7-9-22)17(25)12(2)24-18(26)15-11-16-14(5-10-29-16)23(15)13(3)20-24/h5,10-12H,4,6-9H2,1-3H3/t12-/m1/s1. The van der Waals surface area contributed by atoms with Gasteiger partial charge in [0.05, 0.1) is 16.8 Å². The Morgan fingerprint density at radius 3 is 2.59 bits per heavy atom. The van der Waals surface area contributed by atoms with Crippen LogP contribution in [0.5, 0.6) is 0 Å².